The Bertz CT molecular complexity index is 708. The first-order valence-corrected chi connectivity index (χ1v) is 7.93. The van der Waals surface area contributed by atoms with Gasteiger partial charge in [-0.3, -0.25) is 4.79 Å². The summed E-state index contributed by atoms with van der Waals surface area (Å²) >= 11 is 0. The summed E-state index contributed by atoms with van der Waals surface area (Å²) in [5.74, 6) is -0.492. The van der Waals surface area contributed by atoms with Gasteiger partial charge in [-0.2, -0.15) is 0 Å². The normalized spacial score (nSPS) is 15.4. The largest absolute Gasteiger partial charge is 0.478 e. The number of hydrogen-bond donors (Lipinski definition) is 1. The van der Waals surface area contributed by atoms with Crippen LogP contribution in [-0.2, 0) is 17.8 Å². The summed E-state index contributed by atoms with van der Waals surface area (Å²) in [4.78, 5) is 25.3. The molecule has 1 aliphatic rings. The molecule has 0 spiro atoms. The first-order chi connectivity index (χ1) is 11.6. The smallest absolute Gasteiger partial charge is 0.335 e. The van der Waals surface area contributed by atoms with Crippen molar-refractivity contribution in [1.29, 1.82) is 0 Å². The molecule has 8 nitrogen and oxygen atoms in total. The van der Waals surface area contributed by atoms with Gasteiger partial charge in [-0.15, -0.1) is 5.10 Å². The van der Waals surface area contributed by atoms with E-state index < -0.39 is 5.97 Å². The number of aromatic nitrogens is 4. The third-order valence-corrected chi connectivity index (χ3v) is 4.41. The van der Waals surface area contributed by atoms with Crippen LogP contribution in [0.15, 0.2) is 30.6 Å². The second-order valence-corrected chi connectivity index (χ2v) is 6.00. The highest BCUT2D eigenvalue weighted by Crippen LogP contribution is 2.23. The van der Waals surface area contributed by atoms with Crippen molar-refractivity contribution in [3.8, 4) is 0 Å². The number of piperidine rings is 1. The van der Waals surface area contributed by atoms with Crippen molar-refractivity contribution in [1.82, 2.24) is 25.1 Å². The summed E-state index contributed by atoms with van der Waals surface area (Å²) in [6.45, 7) is 1.52. The molecule has 1 aromatic carbocycles. The monoisotopic (exact) mass is 329 g/mol. The number of rotatable bonds is 5. The van der Waals surface area contributed by atoms with Gasteiger partial charge in [-0.05, 0) is 47.2 Å². The van der Waals surface area contributed by atoms with E-state index in [2.05, 4.69) is 15.5 Å². The Morgan fingerprint density at radius 2 is 1.96 bits per heavy atom. The number of hydrogen-bond acceptors (Lipinski definition) is 5. The predicted octanol–water partition coefficient (Wildman–Crippen LogP) is 0.853. The average molecular weight is 329 g/mol. The van der Waals surface area contributed by atoms with Gasteiger partial charge in [0.1, 0.15) is 12.9 Å². The lowest BCUT2D eigenvalue weighted by molar-refractivity contribution is -0.133. The van der Waals surface area contributed by atoms with Crippen LogP contribution in [0.3, 0.4) is 0 Å². The van der Waals surface area contributed by atoms with Crippen LogP contribution in [-0.4, -0.2) is 55.2 Å². The van der Waals surface area contributed by atoms with E-state index in [0.29, 0.717) is 24.6 Å². The summed E-state index contributed by atoms with van der Waals surface area (Å²) in [6.07, 6.45) is 3.90. The van der Waals surface area contributed by atoms with E-state index in [4.69, 9.17) is 0 Å². The number of aromatic carboxylic acids is 1. The molecule has 126 valence electrons. The minimum atomic E-state index is -0.889. The lowest BCUT2D eigenvalue weighted by atomic mass is 9.88. The highest BCUT2D eigenvalue weighted by molar-refractivity contribution is 5.89. The molecule has 0 radical (unpaired) electrons. The number of carboxylic acid groups (broad SMARTS) is 1. The predicted molar refractivity (Wildman–Crippen MR) is 84.2 cm³/mol. The van der Waals surface area contributed by atoms with E-state index in [9.17, 15) is 14.7 Å². The molecule has 1 fully saturated rings. The minimum Gasteiger partial charge on any atom is -0.478 e. The molecular formula is C16H19N5O3. The molecule has 1 aliphatic heterocycles. The molecule has 1 aromatic heterocycles. The van der Waals surface area contributed by atoms with Crippen molar-refractivity contribution in [2.24, 2.45) is 5.92 Å². The van der Waals surface area contributed by atoms with Crippen LogP contribution in [0.4, 0.5) is 0 Å². The van der Waals surface area contributed by atoms with Crippen LogP contribution in [0, 0.1) is 5.92 Å². The minimum absolute atomic E-state index is 0.00619. The molecule has 1 saturated heterocycles. The maximum absolute atomic E-state index is 12.2. The molecule has 0 aliphatic carbocycles. The number of carboxylic acids is 1. The Morgan fingerprint density at radius 1 is 1.21 bits per heavy atom. The Balaban J connectivity index is 1.54. The fourth-order valence-electron chi connectivity index (χ4n) is 3.10. The summed E-state index contributed by atoms with van der Waals surface area (Å²) in [5, 5.41) is 20.0. The molecule has 0 saturated carbocycles. The number of likely N-dealkylation sites (tertiary alicyclic amines) is 1. The van der Waals surface area contributed by atoms with E-state index in [0.717, 1.165) is 24.8 Å². The maximum Gasteiger partial charge on any atom is 0.335 e. The van der Waals surface area contributed by atoms with Gasteiger partial charge in [0.05, 0.1) is 5.56 Å². The second kappa shape index (κ2) is 7.20. The molecule has 1 N–H and O–H groups in total. The van der Waals surface area contributed by atoms with Crippen LogP contribution in [0.25, 0.3) is 0 Å². The Morgan fingerprint density at radius 3 is 2.62 bits per heavy atom. The number of carbonyl (C=O) groups is 2. The van der Waals surface area contributed by atoms with Gasteiger partial charge < -0.3 is 10.0 Å². The van der Waals surface area contributed by atoms with Gasteiger partial charge in [0, 0.05) is 13.1 Å². The SMILES string of the molecule is O=C(O)c1ccccc1CC1CCN(C(=O)Cn2cnnn2)CC1. The van der Waals surface area contributed by atoms with Crippen LogP contribution in [0.1, 0.15) is 28.8 Å². The van der Waals surface area contributed by atoms with Crippen LogP contribution in [0.5, 0.6) is 0 Å². The number of nitrogens with zero attached hydrogens (tertiary/aromatic N) is 5. The number of amides is 1. The van der Waals surface area contributed by atoms with Crippen molar-refractivity contribution in [3.05, 3.63) is 41.7 Å². The Labute approximate surface area is 139 Å². The lowest BCUT2D eigenvalue weighted by Gasteiger charge is -2.32. The van der Waals surface area contributed by atoms with Crippen LogP contribution < -0.4 is 0 Å². The van der Waals surface area contributed by atoms with Gasteiger partial charge in [-0.25, -0.2) is 9.48 Å². The third-order valence-electron chi connectivity index (χ3n) is 4.41. The molecule has 2 aromatic rings. The molecule has 8 heteroatoms. The summed E-state index contributed by atoms with van der Waals surface area (Å²) in [5.41, 5.74) is 1.23. The first-order valence-electron chi connectivity index (χ1n) is 7.93. The molecule has 24 heavy (non-hydrogen) atoms. The van der Waals surface area contributed by atoms with Crippen molar-refractivity contribution in [2.75, 3.05) is 13.1 Å². The average Bonchev–Trinajstić information content (AvgIpc) is 3.09. The fourth-order valence-corrected chi connectivity index (χ4v) is 3.10. The standard InChI is InChI=1S/C16H19N5O3/c22-15(10-21-11-17-18-19-21)20-7-5-12(6-8-20)9-13-3-1-2-4-14(13)16(23)24/h1-4,11-12H,5-10H2,(H,23,24). The highest BCUT2D eigenvalue weighted by Gasteiger charge is 2.24. The highest BCUT2D eigenvalue weighted by atomic mass is 16.4. The lowest BCUT2D eigenvalue weighted by Crippen LogP contribution is -2.40. The molecule has 0 atom stereocenters. The second-order valence-electron chi connectivity index (χ2n) is 6.00. The summed E-state index contributed by atoms with van der Waals surface area (Å²) < 4.78 is 1.41. The Hall–Kier alpha value is -2.77. The molecule has 2 heterocycles. The zero-order valence-corrected chi connectivity index (χ0v) is 13.2. The van der Waals surface area contributed by atoms with Gasteiger partial charge in [-0.1, -0.05) is 18.2 Å². The summed E-state index contributed by atoms with van der Waals surface area (Å²) in [6, 6.07) is 7.13. The maximum atomic E-state index is 12.2. The van der Waals surface area contributed by atoms with Crippen LogP contribution >= 0.6 is 0 Å². The van der Waals surface area contributed by atoms with Crippen LogP contribution in [0.2, 0.25) is 0 Å². The zero-order chi connectivity index (χ0) is 16.9. The number of carbonyl (C=O) groups excluding carboxylic acids is 1. The number of benzene rings is 1. The third kappa shape index (κ3) is 3.76. The van der Waals surface area contributed by atoms with E-state index in [1.165, 1.54) is 11.0 Å². The molecule has 0 unspecified atom stereocenters. The molecule has 0 bridgehead atoms. The van der Waals surface area contributed by atoms with Crippen molar-refractivity contribution in [2.45, 2.75) is 25.8 Å². The Kier molecular flexibility index (Phi) is 4.83. The van der Waals surface area contributed by atoms with Gasteiger partial charge >= 0.3 is 5.97 Å². The van der Waals surface area contributed by atoms with Gasteiger partial charge in [0.2, 0.25) is 5.91 Å². The quantitative estimate of drug-likeness (QED) is 0.873. The summed E-state index contributed by atoms with van der Waals surface area (Å²) in [7, 11) is 0. The van der Waals surface area contributed by atoms with Crippen molar-refractivity contribution in [3.63, 3.8) is 0 Å². The zero-order valence-electron chi connectivity index (χ0n) is 13.2. The number of tetrazole rings is 1. The van der Waals surface area contributed by atoms with E-state index in [1.54, 1.807) is 12.1 Å². The first kappa shape index (κ1) is 16.1. The van der Waals surface area contributed by atoms with Gasteiger partial charge in [0.25, 0.3) is 0 Å². The molecule has 3 rings (SSSR count). The fraction of sp³-hybridized carbons (Fsp3) is 0.438. The topological polar surface area (TPSA) is 101 Å². The van der Waals surface area contributed by atoms with E-state index in [-0.39, 0.29) is 12.5 Å². The van der Waals surface area contributed by atoms with Crippen molar-refractivity contribution >= 4 is 11.9 Å². The van der Waals surface area contributed by atoms with Gasteiger partial charge in [0.15, 0.2) is 0 Å². The molecule has 1 amide bonds. The molecular weight excluding hydrogens is 310 g/mol. The van der Waals surface area contributed by atoms with E-state index in [1.807, 2.05) is 17.0 Å². The van der Waals surface area contributed by atoms with E-state index >= 15 is 0 Å². The van der Waals surface area contributed by atoms with Crippen molar-refractivity contribution < 1.29 is 14.7 Å².